The molecule has 0 aromatic carbocycles. The third-order valence-electron chi connectivity index (χ3n) is 1.36. The standard InChI is InChI=1S/C9H16F2O3/c1-8(2,5-10)13-7(12)14-9(3,4)6-11/h5-6H2,1-4H3. The first-order valence-corrected chi connectivity index (χ1v) is 4.26. The molecular weight excluding hydrogens is 194 g/mol. The summed E-state index contributed by atoms with van der Waals surface area (Å²) >= 11 is 0. The highest BCUT2D eigenvalue weighted by Gasteiger charge is 2.29. The van der Waals surface area contributed by atoms with Crippen molar-refractivity contribution in [2.24, 2.45) is 0 Å². The van der Waals surface area contributed by atoms with Gasteiger partial charge in [0.25, 0.3) is 0 Å². The van der Waals surface area contributed by atoms with Gasteiger partial charge in [0.05, 0.1) is 0 Å². The van der Waals surface area contributed by atoms with E-state index < -0.39 is 30.7 Å². The summed E-state index contributed by atoms with van der Waals surface area (Å²) in [5, 5.41) is 0. The molecule has 0 atom stereocenters. The Labute approximate surface area is 82.4 Å². The molecule has 0 aliphatic carbocycles. The van der Waals surface area contributed by atoms with Gasteiger partial charge in [0.2, 0.25) is 0 Å². The van der Waals surface area contributed by atoms with Crippen molar-refractivity contribution in [3.8, 4) is 0 Å². The SMILES string of the molecule is CC(C)(CF)OC(=O)OC(C)(C)CF. The molecule has 0 radical (unpaired) electrons. The number of rotatable bonds is 4. The molecule has 0 bridgehead atoms. The van der Waals surface area contributed by atoms with E-state index in [1.165, 1.54) is 27.7 Å². The second-order valence-electron chi connectivity index (χ2n) is 4.24. The summed E-state index contributed by atoms with van der Waals surface area (Å²) in [6.45, 7) is 3.96. The molecule has 0 aromatic rings. The van der Waals surface area contributed by atoms with Gasteiger partial charge in [0, 0.05) is 0 Å². The maximum absolute atomic E-state index is 12.2. The topological polar surface area (TPSA) is 35.5 Å². The second-order valence-corrected chi connectivity index (χ2v) is 4.24. The van der Waals surface area contributed by atoms with Crippen LogP contribution >= 0.6 is 0 Å². The van der Waals surface area contributed by atoms with Gasteiger partial charge in [0.15, 0.2) is 0 Å². The molecule has 0 aliphatic heterocycles. The lowest BCUT2D eigenvalue weighted by Crippen LogP contribution is -2.36. The minimum absolute atomic E-state index is 0.821. The molecule has 0 saturated carbocycles. The Hall–Kier alpha value is -0.870. The number of halogens is 2. The molecule has 0 rings (SSSR count). The molecule has 0 aliphatic rings. The average molecular weight is 210 g/mol. The highest BCUT2D eigenvalue weighted by atomic mass is 19.1. The maximum atomic E-state index is 12.2. The Morgan fingerprint density at radius 1 is 1.00 bits per heavy atom. The second kappa shape index (κ2) is 4.57. The maximum Gasteiger partial charge on any atom is 0.509 e. The van der Waals surface area contributed by atoms with Crippen molar-refractivity contribution in [2.75, 3.05) is 13.3 Å². The lowest BCUT2D eigenvalue weighted by Gasteiger charge is -2.25. The van der Waals surface area contributed by atoms with Gasteiger partial charge in [-0.15, -0.1) is 0 Å². The molecule has 0 heterocycles. The van der Waals surface area contributed by atoms with Gasteiger partial charge < -0.3 is 9.47 Å². The van der Waals surface area contributed by atoms with Crippen molar-refractivity contribution >= 4 is 6.16 Å². The van der Waals surface area contributed by atoms with E-state index in [0.29, 0.717) is 0 Å². The van der Waals surface area contributed by atoms with E-state index in [9.17, 15) is 13.6 Å². The van der Waals surface area contributed by atoms with Gasteiger partial charge >= 0.3 is 6.16 Å². The lowest BCUT2D eigenvalue weighted by molar-refractivity contribution is -0.0708. The van der Waals surface area contributed by atoms with Crippen LogP contribution in [0.5, 0.6) is 0 Å². The molecule has 3 nitrogen and oxygen atoms in total. The van der Waals surface area contributed by atoms with E-state index in [2.05, 4.69) is 9.47 Å². The fraction of sp³-hybridized carbons (Fsp3) is 0.889. The third kappa shape index (κ3) is 4.99. The Kier molecular flexibility index (Phi) is 4.29. The number of hydrogen-bond acceptors (Lipinski definition) is 3. The number of carbonyl (C=O) groups is 1. The zero-order valence-corrected chi connectivity index (χ0v) is 8.89. The van der Waals surface area contributed by atoms with Gasteiger partial charge in [0.1, 0.15) is 24.6 Å². The first-order chi connectivity index (χ1) is 6.22. The minimum atomic E-state index is -1.23. The largest absolute Gasteiger partial charge is 0.509 e. The number of alkyl halides is 2. The quantitative estimate of drug-likeness (QED) is 0.669. The Morgan fingerprint density at radius 2 is 1.29 bits per heavy atom. The van der Waals surface area contributed by atoms with Crippen molar-refractivity contribution < 1.29 is 23.0 Å². The van der Waals surface area contributed by atoms with Crippen LogP contribution in [0.1, 0.15) is 27.7 Å². The van der Waals surface area contributed by atoms with E-state index in [4.69, 9.17) is 0 Å². The summed E-state index contributed by atoms with van der Waals surface area (Å²) in [7, 11) is 0. The van der Waals surface area contributed by atoms with Crippen molar-refractivity contribution in [2.45, 2.75) is 38.9 Å². The summed E-state index contributed by atoms with van der Waals surface area (Å²) in [6, 6.07) is 0. The number of carbonyl (C=O) groups excluding carboxylic acids is 1. The van der Waals surface area contributed by atoms with Crippen LogP contribution in [0.4, 0.5) is 13.6 Å². The Morgan fingerprint density at radius 3 is 1.50 bits per heavy atom. The van der Waals surface area contributed by atoms with Crippen LogP contribution in [0, 0.1) is 0 Å². The average Bonchev–Trinajstić information content (AvgIpc) is 2.02. The first-order valence-electron chi connectivity index (χ1n) is 4.26. The van der Waals surface area contributed by atoms with Gasteiger partial charge in [-0.1, -0.05) is 0 Å². The molecule has 84 valence electrons. The summed E-state index contributed by atoms with van der Waals surface area (Å²) in [6.07, 6.45) is -1.06. The van der Waals surface area contributed by atoms with E-state index in [1.807, 2.05) is 0 Å². The zero-order valence-electron chi connectivity index (χ0n) is 8.89. The third-order valence-corrected chi connectivity index (χ3v) is 1.36. The molecule has 14 heavy (non-hydrogen) atoms. The highest BCUT2D eigenvalue weighted by Crippen LogP contribution is 2.15. The molecule has 5 heteroatoms. The van der Waals surface area contributed by atoms with E-state index in [1.54, 1.807) is 0 Å². The van der Waals surface area contributed by atoms with Gasteiger partial charge in [-0.3, -0.25) is 0 Å². The minimum Gasteiger partial charge on any atom is -0.425 e. The summed E-state index contributed by atoms with van der Waals surface area (Å²) in [5.41, 5.74) is -2.47. The number of hydrogen-bond donors (Lipinski definition) is 0. The summed E-state index contributed by atoms with van der Waals surface area (Å²) in [4.78, 5) is 11.0. The Bertz CT molecular complexity index is 182. The molecule has 0 spiro atoms. The van der Waals surface area contributed by atoms with E-state index in [-0.39, 0.29) is 0 Å². The number of ether oxygens (including phenoxy) is 2. The molecule has 0 saturated heterocycles. The van der Waals surface area contributed by atoms with Crippen LogP contribution in [0.2, 0.25) is 0 Å². The lowest BCUT2D eigenvalue weighted by atomic mass is 10.2. The molecule has 0 N–H and O–H groups in total. The van der Waals surface area contributed by atoms with Crippen LogP contribution in [0.25, 0.3) is 0 Å². The van der Waals surface area contributed by atoms with Crippen molar-refractivity contribution in [1.29, 1.82) is 0 Å². The molecule has 0 fully saturated rings. The molecular formula is C9H16F2O3. The van der Waals surface area contributed by atoms with Crippen molar-refractivity contribution in [1.82, 2.24) is 0 Å². The monoisotopic (exact) mass is 210 g/mol. The summed E-state index contributed by atoms with van der Waals surface area (Å²) < 4.78 is 33.7. The normalized spacial score (nSPS) is 12.4. The van der Waals surface area contributed by atoms with Crippen LogP contribution < -0.4 is 0 Å². The predicted molar refractivity (Wildman–Crippen MR) is 47.7 cm³/mol. The van der Waals surface area contributed by atoms with E-state index >= 15 is 0 Å². The molecule has 0 unspecified atom stereocenters. The zero-order chi connectivity index (χ0) is 11.4. The van der Waals surface area contributed by atoms with Crippen LogP contribution in [0.3, 0.4) is 0 Å². The van der Waals surface area contributed by atoms with Crippen LogP contribution in [-0.2, 0) is 9.47 Å². The highest BCUT2D eigenvalue weighted by molar-refractivity contribution is 5.61. The van der Waals surface area contributed by atoms with Gasteiger partial charge in [-0.25, -0.2) is 13.6 Å². The van der Waals surface area contributed by atoms with E-state index in [0.717, 1.165) is 0 Å². The van der Waals surface area contributed by atoms with Gasteiger partial charge in [-0.2, -0.15) is 0 Å². The summed E-state index contributed by atoms with van der Waals surface area (Å²) in [5.74, 6) is 0. The van der Waals surface area contributed by atoms with Crippen molar-refractivity contribution in [3.05, 3.63) is 0 Å². The fourth-order valence-electron chi connectivity index (χ4n) is 0.527. The van der Waals surface area contributed by atoms with Gasteiger partial charge in [-0.05, 0) is 27.7 Å². The fourth-order valence-corrected chi connectivity index (χ4v) is 0.527. The predicted octanol–water partition coefficient (Wildman–Crippen LogP) is 2.64. The Balaban J connectivity index is 4.12. The van der Waals surface area contributed by atoms with Crippen LogP contribution in [0.15, 0.2) is 0 Å². The van der Waals surface area contributed by atoms with Crippen molar-refractivity contribution in [3.63, 3.8) is 0 Å². The molecule has 0 amide bonds. The van der Waals surface area contributed by atoms with Crippen LogP contribution in [-0.4, -0.2) is 30.7 Å². The first kappa shape index (κ1) is 13.1. The smallest absolute Gasteiger partial charge is 0.425 e. The molecule has 0 aromatic heterocycles.